The van der Waals surface area contributed by atoms with Crippen LogP contribution in [0.2, 0.25) is 0 Å². The molecular formula is C48H91NO9. The van der Waals surface area contributed by atoms with Crippen LogP contribution in [0, 0.1) is 0 Å². The predicted molar refractivity (Wildman–Crippen MR) is 236 cm³/mol. The Labute approximate surface area is 354 Å². The Morgan fingerprint density at radius 1 is 0.586 bits per heavy atom. The molecule has 0 aromatic heterocycles. The number of hydrogen-bond donors (Lipinski definition) is 7. The van der Waals surface area contributed by atoms with E-state index < -0.39 is 61.5 Å². The summed E-state index contributed by atoms with van der Waals surface area (Å²) >= 11 is 0. The highest BCUT2D eigenvalue weighted by Crippen LogP contribution is 2.23. The summed E-state index contributed by atoms with van der Waals surface area (Å²) in [6.07, 6.45) is 35.2. The van der Waals surface area contributed by atoms with Gasteiger partial charge in [-0.3, -0.25) is 4.79 Å². The SMILES string of the molecule is CCCCCC=CCC=CCCCCCC(O)C(COC1OC(CO)C(O)C(O)C1O)NC(=O)C(O)CCCCCCCCCCCCCCCCCCCCCC. The number of rotatable bonds is 40. The third-order valence-electron chi connectivity index (χ3n) is 11.7. The van der Waals surface area contributed by atoms with Gasteiger partial charge < -0.3 is 45.4 Å². The van der Waals surface area contributed by atoms with Gasteiger partial charge in [0.2, 0.25) is 5.91 Å². The Hall–Kier alpha value is -1.37. The zero-order chi connectivity index (χ0) is 42.5. The number of amides is 1. The second kappa shape index (κ2) is 38.5. The largest absolute Gasteiger partial charge is 0.394 e. The van der Waals surface area contributed by atoms with Crippen LogP contribution in [0.3, 0.4) is 0 Å². The molecule has 1 rings (SSSR count). The van der Waals surface area contributed by atoms with Gasteiger partial charge in [0.1, 0.15) is 30.5 Å². The van der Waals surface area contributed by atoms with Crippen molar-refractivity contribution in [3.8, 4) is 0 Å². The van der Waals surface area contributed by atoms with E-state index in [2.05, 4.69) is 43.5 Å². The summed E-state index contributed by atoms with van der Waals surface area (Å²) in [4.78, 5) is 13.1. The third kappa shape index (κ3) is 28.2. The molecule has 342 valence electrons. The van der Waals surface area contributed by atoms with Crippen molar-refractivity contribution in [2.75, 3.05) is 13.2 Å². The van der Waals surface area contributed by atoms with Crippen LogP contribution in [-0.4, -0.2) is 98.7 Å². The average Bonchev–Trinajstić information content (AvgIpc) is 3.22. The number of carbonyl (C=O) groups is 1. The average molecular weight is 826 g/mol. The molecule has 1 aliphatic heterocycles. The van der Waals surface area contributed by atoms with E-state index in [0.29, 0.717) is 12.8 Å². The fourth-order valence-electron chi connectivity index (χ4n) is 7.67. The van der Waals surface area contributed by atoms with Gasteiger partial charge in [-0.15, -0.1) is 0 Å². The standard InChI is InChI=1S/C48H91NO9/c1-3-5-7-9-11-13-15-17-18-19-20-21-22-23-25-27-29-31-33-35-37-42(52)47(56)49-40(39-57-48-46(55)45(54)44(53)43(38-50)58-48)41(51)36-34-32-30-28-26-24-16-14-12-10-8-6-4-2/h12,14,24,26,40-46,48,50-55H,3-11,13,15-23,25,27-39H2,1-2H3,(H,49,56). The molecule has 0 aromatic carbocycles. The summed E-state index contributed by atoms with van der Waals surface area (Å²) in [5.74, 6) is -0.594. The molecule has 0 saturated carbocycles. The summed E-state index contributed by atoms with van der Waals surface area (Å²) in [5.41, 5.74) is 0. The second-order valence-corrected chi connectivity index (χ2v) is 17.0. The summed E-state index contributed by atoms with van der Waals surface area (Å²) in [5, 5.41) is 64.8. The Morgan fingerprint density at radius 2 is 1.02 bits per heavy atom. The molecular weight excluding hydrogens is 735 g/mol. The minimum Gasteiger partial charge on any atom is -0.394 e. The monoisotopic (exact) mass is 826 g/mol. The van der Waals surface area contributed by atoms with Crippen LogP contribution in [0.4, 0.5) is 0 Å². The van der Waals surface area contributed by atoms with E-state index in [4.69, 9.17) is 9.47 Å². The van der Waals surface area contributed by atoms with Crippen LogP contribution < -0.4 is 5.32 Å². The van der Waals surface area contributed by atoms with E-state index in [1.165, 1.54) is 122 Å². The van der Waals surface area contributed by atoms with Gasteiger partial charge in [0.05, 0.1) is 25.4 Å². The van der Waals surface area contributed by atoms with Crippen LogP contribution in [0.5, 0.6) is 0 Å². The number of carbonyl (C=O) groups excluding carboxylic acids is 1. The van der Waals surface area contributed by atoms with Gasteiger partial charge >= 0.3 is 0 Å². The highest BCUT2D eigenvalue weighted by atomic mass is 16.7. The third-order valence-corrected chi connectivity index (χ3v) is 11.7. The summed E-state index contributed by atoms with van der Waals surface area (Å²) < 4.78 is 11.2. The van der Waals surface area contributed by atoms with Crippen molar-refractivity contribution in [3.63, 3.8) is 0 Å². The van der Waals surface area contributed by atoms with Gasteiger partial charge in [-0.25, -0.2) is 0 Å². The van der Waals surface area contributed by atoms with Crippen molar-refractivity contribution in [1.29, 1.82) is 0 Å². The molecule has 7 N–H and O–H groups in total. The van der Waals surface area contributed by atoms with Gasteiger partial charge in [-0.2, -0.15) is 0 Å². The molecule has 58 heavy (non-hydrogen) atoms. The second-order valence-electron chi connectivity index (χ2n) is 17.0. The van der Waals surface area contributed by atoms with Gasteiger partial charge in [-0.05, 0) is 44.9 Å². The zero-order valence-corrected chi connectivity index (χ0v) is 37.2. The van der Waals surface area contributed by atoms with E-state index in [1.54, 1.807) is 0 Å². The quantitative estimate of drug-likeness (QED) is 0.0235. The predicted octanol–water partition coefficient (Wildman–Crippen LogP) is 9.25. The van der Waals surface area contributed by atoms with Crippen molar-refractivity contribution in [3.05, 3.63) is 24.3 Å². The number of hydrogen-bond acceptors (Lipinski definition) is 9. The molecule has 1 fully saturated rings. The lowest BCUT2D eigenvalue weighted by atomic mass is 9.99. The van der Waals surface area contributed by atoms with Crippen LogP contribution in [0.25, 0.3) is 0 Å². The molecule has 10 heteroatoms. The zero-order valence-electron chi connectivity index (χ0n) is 37.2. The maximum atomic E-state index is 13.1. The molecule has 1 amide bonds. The normalized spacial score (nSPS) is 21.6. The Bertz CT molecular complexity index is 979. The van der Waals surface area contributed by atoms with Gasteiger partial charge in [0.25, 0.3) is 0 Å². The van der Waals surface area contributed by atoms with Crippen LogP contribution in [0.1, 0.15) is 213 Å². The van der Waals surface area contributed by atoms with Gasteiger partial charge in [-0.1, -0.05) is 192 Å². The molecule has 1 aliphatic rings. The van der Waals surface area contributed by atoms with E-state index in [0.717, 1.165) is 64.2 Å². The molecule has 1 saturated heterocycles. The molecule has 0 radical (unpaired) electrons. The van der Waals surface area contributed by atoms with Gasteiger partial charge in [0, 0.05) is 0 Å². The maximum absolute atomic E-state index is 13.1. The van der Waals surface area contributed by atoms with Crippen LogP contribution in [0.15, 0.2) is 24.3 Å². The van der Waals surface area contributed by atoms with E-state index in [1.807, 2.05) is 0 Å². The lowest BCUT2D eigenvalue weighted by Crippen LogP contribution is -2.60. The van der Waals surface area contributed by atoms with Crippen molar-refractivity contribution in [1.82, 2.24) is 5.32 Å². The maximum Gasteiger partial charge on any atom is 0.249 e. The topological polar surface area (TPSA) is 169 Å². The van der Waals surface area contributed by atoms with E-state index in [-0.39, 0.29) is 6.61 Å². The lowest BCUT2D eigenvalue weighted by Gasteiger charge is -2.40. The Balaban J connectivity index is 2.34. The Kier molecular flexibility index (Phi) is 36.3. The first kappa shape index (κ1) is 54.6. The molecule has 0 bridgehead atoms. The summed E-state index contributed by atoms with van der Waals surface area (Å²) in [6.45, 7) is 3.62. The lowest BCUT2D eigenvalue weighted by molar-refractivity contribution is -0.302. The number of aliphatic hydroxyl groups excluding tert-OH is 6. The molecule has 0 aliphatic carbocycles. The van der Waals surface area contributed by atoms with Gasteiger partial charge in [0.15, 0.2) is 6.29 Å². The highest BCUT2D eigenvalue weighted by molar-refractivity contribution is 5.80. The molecule has 8 unspecified atom stereocenters. The first-order chi connectivity index (χ1) is 28.3. The minimum absolute atomic E-state index is 0.268. The number of aliphatic hydroxyl groups is 6. The van der Waals surface area contributed by atoms with E-state index >= 15 is 0 Å². The first-order valence-electron chi connectivity index (χ1n) is 24.1. The van der Waals surface area contributed by atoms with Crippen molar-refractivity contribution < 1.29 is 44.9 Å². The van der Waals surface area contributed by atoms with Crippen molar-refractivity contribution in [2.24, 2.45) is 0 Å². The molecule has 0 aromatic rings. The highest BCUT2D eigenvalue weighted by Gasteiger charge is 2.44. The number of unbranched alkanes of at least 4 members (excludes halogenated alkanes) is 25. The molecule has 0 spiro atoms. The number of ether oxygens (including phenoxy) is 2. The fourth-order valence-corrected chi connectivity index (χ4v) is 7.67. The molecule has 8 atom stereocenters. The van der Waals surface area contributed by atoms with Crippen molar-refractivity contribution in [2.45, 2.75) is 262 Å². The molecule has 1 heterocycles. The minimum atomic E-state index is -1.60. The molecule has 10 nitrogen and oxygen atoms in total. The van der Waals surface area contributed by atoms with Crippen molar-refractivity contribution >= 4 is 5.91 Å². The smallest absolute Gasteiger partial charge is 0.249 e. The first-order valence-corrected chi connectivity index (χ1v) is 24.1. The Morgan fingerprint density at radius 3 is 1.52 bits per heavy atom. The summed E-state index contributed by atoms with van der Waals surface area (Å²) in [6, 6.07) is -0.909. The number of allylic oxidation sites excluding steroid dienone is 4. The van der Waals surface area contributed by atoms with E-state index in [9.17, 15) is 35.4 Å². The van der Waals surface area contributed by atoms with Crippen LogP contribution >= 0.6 is 0 Å². The summed E-state index contributed by atoms with van der Waals surface area (Å²) in [7, 11) is 0. The van der Waals surface area contributed by atoms with Crippen LogP contribution in [-0.2, 0) is 14.3 Å². The fraction of sp³-hybridized carbons (Fsp3) is 0.896. The number of nitrogens with one attached hydrogen (secondary N) is 1.